The van der Waals surface area contributed by atoms with Gasteiger partial charge >= 0.3 is 0 Å². The topological polar surface area (TPSA) is 58.6 Å². The Morgan fingerprint density at radius 2 is 2.24 bits per heavy atom. The lowest BCUT2D eigenvalue weighted by Crippen LogP contribution is -2.43. The van der Waals surface area contributed by atoms with Gasteiger partial charge in [-0.15, -0.1) is 0 Å². The summed E-state index contributed by atoms with van der Waals surface area (Å²) in [5.74, 6) is 7.05. The molecule has 21 heavy (non-hydrogen) atoms. The second kappa shape index (κ2) is 7.14. The zero-order valence-corrected chi connectivity index (χ0v) is 12.5. The largest absolute Gasteiger partial charge is 0.495 e. The van der Waals surface area contributed by atoms with Crippen molar-refractivity contribution in [3.05, 3.63) is 29.3 Å². The summed E-state index contributed by atoms with van der Waals surface area (Å²) >= 11 is 0. The average molecular weight is 287 g/mol. The molecule has 1 aliphatic carbocycles. The fourth-order valence-corrected chi connectivity index (χ4v) is 2.45. The van der Waals surface area contributed by atoms with Crippen molar-refractivity contribution < 1.29 is 14.6 Å². The molecule has 4 heteroatoms. The number of amides is 1. The zero-order chi connectivity index (χ0) is 15.2. The van der Waals surface area contributed by atoms with Gasteiger partial charge in [0.05, 0.1) is 19.3 Å². The van der Waals surface area contributed by atoms with Gasteiger partial charge in [0.2, 0.25) is 0 Å². The molecule has 1 aliphatic rings. The van der Waals surface area contributed by atoms with E-state index in [0.29, 0.717) is 35.3 Å². The van der Waals surface area contributed by atoms with Gasteiger partial charge in [0, 0.05) is 18.0 Å². The molecule has 0 atom stereocenters. The first kappa shape index (κ1) is 15.4. The van der Waals surface area contributed by atoms with Crippen molar-refractivity contribution in [2.75, 3.05) is 13.7 Å². The summed E-state index contributed by atoms with van der Waals surface area (Å²) in [5, 5.41) is 11.8. The summed E-state index contributed by atoms with van der Waals surface area (Å²) in [6.45, 7) is 2.21. The number of benzene rings is 1. The summed E-state index contributed by atoms with van der Waals surface area (Å²) in [6, 6.07) is 5.52. The Balaban J connectivity index is 2.11. The molecule has 0 saturated heterocycles. The smallest absolute Gasteiger partial charge is 0.251 e. The lowest BCUT2D eigenvalue weighted by Gasteiger charge is -2.33. The molecule has 2 rings (SSSR count). The van der Waals surface area contributed by atoms with Crippen LogP contribution >= 0.6 is 0 Å². The van der Waals surface area contributed by atoms with E-state index in [0.717, 1.165) is 12.8 Å². The van der Waals surface area contributed by atoms with Crippen LogP contribution in [0.3, 0.4) is 0 Å². The molecule has 1 aromatic rings. The van der Waals surface area contributed by atoms with Crippen LogP contribution in [-0.2, 0) is 0 Å². The number of carbonyl (C=O) groups excluding carboxylic acids is 1. The van der Waals surface area contributed by atoms with Crippen LogP contribution in [0.15, 0.2) is 18.2 Å². The number of ether oxygens (including phenoxy) is 1. The summed E-state index contributed by atoms with van der Waals surface area (Å²) in [5.41, 5.74) is 1.25. The highest BCUT2D eigenvalue weighted by Gasteiger charge is 2.26. The van der Waals surface area contributed by atoms with Crippen LogP contribution in [0, 0.1) is 17.8 Å². The molecule has 0 radical (unpaired) electrons. The molecule has 0 aromatic heterocycles. The van der Waals surface area contributed by atoms with Crippen molar-refractivity contribution in [2.24, 2.45) is 5.92 Å². The molecule has 1 fully saturated rings. The molecule has 2 N–H and O–H groups in total. The number of carbonyl (C=O) groups is 1. The first-order valence-corrected chi connectivity index (χ1v) is 7.22. The zero-order valence-electron chi connectivity index (χ0n) is 12.5. The SMILES string of the molecule is COc1ccc(C(=O)NC2CC(C)C2)cc1C#CCCO. The highest BCUT2D eigenvalue weighted by molar-refractivity contribution is 5.95. The van der Waals surface area contributed by atoms with Gasteiger partial charge in [0.15, 0.2) is 0 Å². The third kappa shape index (κ3) is 3.99. The van der Waals surface area contributed by atoms with Gasteiger partial charge in [-0.1, -0.05) is 18.8 Å². The maximum atomic E-state index is 12.2. The highest BCUT2D eigenvalue weighted by Crippen LogP contribution is 2.27. The second-order valence-electron chi connectivity index (χ2n) is 5.44. The Morgan fingerprint density at radius 1 is 1.48 bits per heavy atom. The maximum absolute atomic E-state index is 12.2. The Hall–Kier alpha value is -1.99. The van der Waals surface area contributed by atoms with Crippen LogP contribution in [0.5, 0.6) is 5.75 Å². The first-order chi connectivity index (χ1) is 10.1. The Labute approximate surface area is 125 Å². The standard InChI is InChI=1S/C17H21NO3/c1-12-9-15(10-12)18-17(20)14-6-7-16(21-2)13(11-14)5-3-4-8-19/h6-7,11-12,15,19H,4,8-10H2,1-2H3,(H,18,20). The number of aliphatic hydroxyl groups is 1. The van der Waals surface area contributed by atoms with Crippen molar-refractivity contribution in [1.82, 2.24) is 5.32 Å². The second-order valence-corrected chi connectivity index (χ2v) is 5.44. The fraction of sp³-hybridized carbons (Fsp3) is 0.471. The van der Waals surface area contributed by atoms with Crippen molar-refractivity contribution in [3.63, 3.8) is 0 Å². The molecule has 1 amide bonds. The van der Waals surface area contributed by atoms with E-state index in [9.17, 15) is 4.79 Å². The van der Waals surface area contributed by atoms with Gasteiger partial charge in [-0.2, -0.15) is 0 Å². The molecule has 1 saturated carbocycles. The van der Waals surface area contributed by atoms with E-state index in [-0.39, 0.29) is 12.5 Å². The minimum atomic E-state index is -0.0697. The number of hydrogen-bond donors (Lipinski definition) is 2. The predicted molar refractivity (Wildman–Crippen MR) is 81.2 cm³/mol. The lowest BCUT2D eigenvalue weighted by molar-refractivity contribution is 0.0896. The molecule has 0 aliphatic heterocycles. The lowest BCUT2D eigenvalue weighted by atomic mass is 9.82. The first-order valence-electron chi connectivity index (χ1n) is 7.22. The van der Waals surface area contributed by atoms with Crippen molar-refractivity contribution in [1.29, 1.82) is 0 Å². The fourth-order valence-electron chi connectivity index (χ4n) is 2.45. The number of methoxy groups -OCH3 is 1. The monoisotopic (exact) mass is 287 g/mol. The van der Waals surface area contributed by atoms with E-state index in [1.54, 1.807) is 25.3 Å². The van der Waals surface area contributed by atoms with Crippen LogP contribution in [0.4, 0.5) is 0 Å². The van der Waals surface area contributed by atoms with Crippen molar-refractivity contribution in [3.8, 4) is 17.6 Å². The van der Waals surface area contributed by atoms with Crippen LogP contribution in [0.25, 0.3) is 0 Å². The van der Waals surface area contributed by atoms with Gasteiger partial charge in [0.1, 0.15) is 5.75 Å². The third-order valence-corrected chi connectivity index (χ3v) is 3.63. The molecule has 4 nitrogen and oxygen atoms in total. The van der Waals surface area contributed by atoms with E-state index in [2.05, 4.69) is 24.1 Å². The van der Waals surface area contributed by atoms with E-state index in [1.165, 1.54) is 0 Å². The molecule has 0 unspecified atom stereocenters. The normalized spacial score (nSPS) is 20.0. The predicted octanol–water partition coefficient (Wildman–Crippen LogP) is 1.96. The van der Waals surface area contributed by atoms with E-state index in [4.69, 9.17) is 9.84 Å². The van der Waals surface area contributed by atoms with Crippen LogP contribution in [0.1, 0.15) is 42.1 Å². The van der Waals surface area contributed by atoms with Crippen molar-refractivity contribution >= 4 is 5.91 Å². The molecule has 0 heterocycles. The number of aliphatic hydroxyl groups excluding tert-OH is 1. The van der Waals surface area contributed by atoms with E-state index < -0.39 is 0 Å². The average Bonchev–Trinajstić information content (AvgIpc) is 2.45. The molecule has 0 spiro atoms. The van der Waals surface area contributed by atoms with Gasteiger partial charge in [0.25, 0.3) is 5.91 Å². The minimum Gasteiger partial charge on any atom is -0.495 e. The molecule has 112 valence electrons. The molecule has 1 aromatic carbocycles. The molecule has 0 bridgehead atoms. The van der Waals surface area contributed by atoms with Gasteiger partial charge < -0.3 is 15.2 Å². The molecular formula is C17H21NO3. The van der Waals surface area contributed by atoms with Crippen LogP contribution < -0.4 is 10.1 Å². The Bertz CT molecular complexity index is 565. The number of nitrogens with one attached hydrogen (secondary N) is 1. The van der Waals surface area contributed by atoms with E-state index >= 15 is 0 Å². The van der Waals surface area contributed by atoms with Gasteiger partial charge in [-0.25, -0.2) is 0 Å². The summed E-state index contributed by atoms with van der Waals surface area (Å²) < 4.78 is 5.24. The Kier molecular flexibility index (Phi) is 5.24. The number of hydrogen-bond acceptors (Lipinski definition) is 3. The van der Waals surface area contributed by atoms with Crippen LogP contribution in [0.2, 0.25) is 0 Å². The minimum absolute atomic E-state index is 0.0232. The van der Waals surface area contributed by atoms with Gasteiger partial charge in [-0.3, -0.25) is 4.79 Å². The van der Waals surface area contributed by atoms with E-state index in [1.807, 2.05) is 0 Å². The maximum Gasteiger partial charge on any atom is 0.251 e. The molecular weight excluding hydrogens is 266 g/mol. The van der Waals surface area contributed by atoms with Crippen molar-refractivity contribution in [2.45, 2.75) is 32.2 Å². The third-order valence-electron chi connectivity index (χ3n) is 3.63. The van der Waals surface area contributed by atoms with Gasteiger partial charge in [-0.05, 0) is 37.0 Å². The highest BCUT2D eigenvalue weighted by atomic mass is 16.5. The summed E-state index contributed by atoms with van der Waals surface area (Å²) in [4.78, 5) is 12.2. The summed E-state index contributed by atoms with van der Waals surface area (Å²) in [7, 11) is 1.57. The van der Waals surface area contributed by atoms with Crippen LogP contribution in [-0.4, -0.2) is 30.8 Å². The number of rotatable bonds is 4. The Morgan fingerprint density at radius 3 is 2.86 bits per heavy atom. The summed E-state index contributed by atoms with van der Waals surface area (Å²) in [6.07, 6.45) is 2.50. The quantitative estimate of drug-likeness (QED) is 0.832.